The summed E-state index contributed by atoms with van der Waals surface area (Å²) in [4.78, 5) is 0. The van der Waals surface area contributed by atoms with Crippen molar-refractivity contribution in [1.29, 1.82) is 0 Å². The van der Waals surface area contributed by atoms with Crippen LogP contribution in [-0.2, 0) is 6.61 Å². The van der Waals surface area contributed by atoms with E-state index in [1.54, 1.807) is 0 Å². The van der Waals surface area contributed by atoms with Gasteiger partial charge in [0.05, 0.1) is 0 Å². The number of para-hydroxylation sites is 1. The summed E-state index contributed by atoms with van der Waals surface area (Å²) in [5, 5.41) is 1.16. The molecule has 0 bridgehead atoms. The summed E-state index contributed by atoms with van der Waals surface area (Å²) < 4.78 is 12.6. The molecule has 122 valence electrons. The van der Waals surface area contributed by atoms with Crippen LogP contribution in [0.1, 0.15) is 5.56 Å². The van der Waals surface area contributed by atoms with E-state index in [1.165, 1.54) is 0 Å². The van der Waals surface area contributed by atoms with Gasteiger partial charge in [-0.15, -0.1) is 0 Å². The summed E-state index contributed by atoms with van der Waals surface area (Å²) >= 11 is 15.7. The van der Waals surface area contributed by atoms with E-state index in [4.69, 9.17) is 32.7 Å². The maximum atomic E-state index is 6.38. The first-order valence-electron chi connectivity index (χ1n) is 7.21. The Morgan fingerprint density at radius 1 is 0.833 bits per heavy atom. The molecule has 0 radical (unpaired) electrons. The van der Waals surface area contributed by atoms with Crippen molar-refractivity contribution in [1.82, 2.24) is 0 Å². The Morgan fingerprint density at radius 3 is 2.25 bits per heavy atom. The van der Waals surface area contributed by atoms with E-state index < -0.39 is 0 Å². The SMILES string of the molecule is Clc1ccc(COc2c(Oc3ccccc3)ccc(Br)c2Cl)cc1. The highest BCUT2D eigenvalue weighted by molar-refractivity contribution is 9.10. The van der Waals surface area contributed by atoms with E-state index in [-0.39, 0.29) is 0 Å². The molecule has 3 aromatic carbocycles. The van der Waals surface area contributed by atoms with Crippen LogP contribution in [0.4, 0.5) is 0 Å². The molecule has 0 saturated heterocycles. The third-order valence-electron chi connectivity index (χ3n) is 3.28. The van der Waals surface area contributed by atoms with Crippen molar-refractivity contribution in [3.63, 3.8) is 0 Å². The molecule has 3 aromatic rings. The van der Waals surface area contributed by atoms with E-state index in [0.717, 1.165) is 10.0 Å². The number of benzene rings is 3. The minimum Gasteiger partial charge on any atom is -0.483 e. The summed E-state index contributed by atoms with van der Waals surface area (Å²) in [6, 6.07) is 20.6. The lowest BCUT2D eigenvalue weighted by Crippen LogP contribution is -1.98. The Labute approximate surface area is 159 Å². The van der Waals surface area contributed by atoms with Gasteiger partial charge < -0.3 is 9.47 Å². The van der Waals surface area contributed by atoms with Crippen molar-refractivity contribution in [2.75, 3.05) is 0 Å². The second-order valence-corrected chi connectivity index (χ2v) is 6.69. The molecule has 0 atom stereocenters. The maximum Gasteiger partial charge on any atom is 0.182 e. The lowest BCUT2D eigenvalue weighted by Gasteiger charge is -2.15. The minimum atomic E-state index is 0.360. The summed E-state index contributed by atoms with van der Waals surface area (Å²) in [7, 11) is 0. The molecule has 0 aromatic heterocycles. The van der Waals surface area contributed by atoms with Gasteiger partial charge >= 0.3 is 0 Å². The average Bonchev–Trinajstić information content (AvgIpc) is 2.60. The average molecular weight is 424 g/mol. The molecule has 3 rings (SSSR count). The number of hydrogen-bond donors (Lipinski definition) is 0. The van der Waals surface area contributed by atoms with Gasteiger partial charge in [0, 0.05) is 9.50 Å². The minimum absolute atomic E-state index is 0.360. The Bertz CT molecular complexity index is 821. The molecular weight excluding hydrogens is 411 g/mol. The zero-order valence-electron chi connectivity index (χ0n) is 12.5. The second kappa shape index (κ2) is 7.93. The third-order valence-corrected chi connectivity index (χ3v) is 4.80. The topological polar surface area (TPSA) is 18.5 Å². The van der Waals surface area contributed by atoms with Crippen LogP contribution in [0, 0.1) is 0 Å². The van der Waals surface area contributed by atoms with Gasteiger partial charge in [-0.1, -0.05) is 53.5 Å². The standard InChI is InChI=1S/C19H13BrCl2O2/c20-16-10-11-17(24-15-4-2-1-3-5-15)19(18(16)22)23-12-13-6-8-14(21)9-7-13/h1-11H,12H2. The van der Waals surface area contributed by atoms with Gasteiger partial charge in [-0.3, -0.25) is 0 Å². The van der Waals surface area contributed by atoms with Gasteiger partial charge in [-0.25, -0.2) is 0 Å². The smallest absolute Gasteiger partial charge is 0.182 e. The predicted molar refractivity (Wildman–Crippen MR) is 101 cm³/mol. The number of hydrogen-bond acceptors (Lipinski definition) is 2. The molecule has 24 heavy (non-hydrogen) atoms. The fraction of sp³-hybridized carbons (Fsp3) is 0.0526. The first kappa shape index (κ1) is 17.2. The lowest BCUT2D eigenvalue weighted by molar-refractivity contribution is 0.291. The van der Waals surface area contributed by atoms with Crippen molar-refractivity contribution in [2.45, 2.75) is 6.61 Å². The van der Waals surface area contributed by atoms with Crippen LogP contribution in [0.15, 0.2) is 71.2 Å². The monoisotopic (exact) mass is 422 g/mol. The van der Waals surface area contributed by atoms with E-state index >= 15 is 0 Å². The van der Waals surface area contributed by atoms with Gasteiger partial charge in [0.1, 0.15) is 17.4 Å². The molecule has 0 aliphatic rings. The second-order valence-electron chi connectivity index (χ2n) is 5.02. The molecule has 0 unspecified atom stereocenters. The Kier molecular flexibility index (Phi) is 5.67. The summed E-state index contributed by atoms with van der Waals surface area (Å²) in [6.07, 6.45) is 0. The quantitative estimate of drug-likeness (QED) is 0.434. The van der Waals surface area contributed by atoms with E-state index in [0.29, 0.717) is 33.9 Å². The molecule has 0 N–H and O–H groups in total. The molecule has 0 saturated carbocycles. The molecule has 0 amide bonds. The zero-order chi connectivity index (χ0) is 16.9. The largest absolute Gasteiger partial charge is 0.483 e. The molecule has 0 heterocycles. The van der Waals surface area contributed by atoms with Crippen LogP contribution < -0.4 is 9.47 Å². The zero-order valence-corrected chi connectivity index (χ0v) is 15.6. The van der Waals surface area contributed by atoms with E-state index in [9.17, 15) is 0 Å². The Balaban J connectivity index is 1.84. The van der Waals surface area contributed by atoms with Crippen LogP contribution in [0.2, 0.25) is 10.0 Å². The van der Waals surface area contributed by atoms with Crippen molar-refractivity contribution < 1.29 is 9.47 Å². The Hall–Kier alpha value is -1.68. The van der Waals surface area contributed by atoms with Crippen LogP contribution in [0.5, 0.6) is 17.2 Å². The summed E-state index contributed by atoms with van der Waals surface area (Å²) in [5.74, 6) is 1.76. The predicted octanol–water partition coefficient (Wildman–Crippen LogP) is 7.13. The molecule has 0 spiro atoms. The summed E-state index contributed by atoms with van der Waals surface area (Å²) in [5.41, 5.74) is 0.987. The first-order valence-corrected chi connectivity index (χ1v) is 8.76. The van der Waals surface area contributed by atoms with Crippen LogP contribution in [-0.4, -0.2) is 0 Å². The fourth-order valence-corrected chi connectivity index (χ4v) is 2.73. The van der Waals surface area contributed by atoms with Crippen LogP contribution in [0.25, 0.3) is 0 Å². The van der Waals surface area contributed by atoms with Gasteiger partial charge in [0.15, 0.2) is 11.5 Å². The van der Waals surface area contributed by atoms with Crippen LogP contribution in [0.3, 0.4) is 0 Å². The number of ether oxygens (including phenoxy) is 2. The number of halogens is 3. The fourth-order valence-electron chi connectivity index (χ4n) is 2.08. The molecule has 0 fully saturated rings. The number of rotatable bonds is 5. The van der Waals surface area contributed by atoms with Crippen molar-refractivity contribution in [3.8, 4) is 17.2 Å². The summed E-state index contributed by atoms with van der Waals surface area (Å²) in [6.45, 7) is 0.360. The van der Waals surface area contributed by atoms with Crippen molar-refractivity contribution in [2.24, 2.45) is 0 Å². The molecular formula is C19H13BrCl2O2. The Morgan fingerprint density at radius 2 is 1.54 bits per heavy atom. The highest BCUT2D eigenvalue weighted by Crippen LogP contribution is 2.42. The van der Waals surface area contributed by atoms with Crippen LogP contribution >= 0.6 is 39.1 Å². The maximum absolute atomic E-state index is 6.38. The van der Waals surface area contributed by atoms with Gasteiger partial charge in [0.2, 0.25) is 0 Å². The highest BCUT2D eigenvalue weighted by Gasteiger charge is 2.14. The molecule has 0 aliphatic heterocycles. The lowest BCUT2D eigenvalue weighted by atomic mass is 10.2. The van der Waals surface area contributed by atoms with Crippen molar-refractivity contribution >= 4 is 39.1 Å². The normalized spacial score (nSPS) is 10.5. The van der Waals surface area contributed by atoms with E-state index in [1.807, 2.05) is 66.7 Å². The van der Waals surface area contributed by atoms with E-state index in [2.05, 4.69) is 15.9 Å². The molecule has 0 aliphatic carbocycles. The third kappa shape index (κ3) is 4.23. The highest BCUT2D eigenvalue weighted by atomic mass is 79.9. The van der Waals surface area contributed by atoms with Gasteiger partial charge in [-0.2, -0.15) is 0 Å². The first-order chi connectivity index (χ1) is 11.6. The van der Waals surface area contributed by atoms with Gasteiger partial charge in [-0.05, 0) is 57.9 Å². The molecule has 5 heteroatoms. The molecule has 2 nitrogen and oxygen atoms in total. The van der Waals surface area contributed by atoms with Crippen molar-refractivity contribution in [3.05, 3.63) is 86.8 Å². The van der Waals surface area contributed by atoms with Gasteiger partial charge in [0.25, 0.3) is 0 Å².